The Balaban J connectivity index is 2.10. The van der Waals surface area contributed by atoms with Gasteiger partial charge >= 0.3 is 0 Å². The number of nitriles is 1. The van der Waals surface area contributed by atoms with Crippen LogP contribution in [0.5, 0.6) is 0 Å². The van der Waals surface area contributed by atoms with E-state index in [4.69, 9.17) is 10.2 Å². The monoisotopic (exact) mass is 276 g/mol. The van der Waals surface area contributed by atoms with Gasteiger partial charge in [-0.15, -0.1) is 0 Å². The number of fused-ring (bicyclic) bond motifs is 3. The Morgan fingerprint density at radius 3 is 3.00 bits per heavy atom. The first kappa shape index (κ1) is 11.8. The fourth-order valence-corrected chi connectivity index (χ4v) is 3.00. The summed E-state index contributed by atoms with van der Waals surface area (Å²) in [5, 5.41) is 9.44. The second-order valence-electron chi connectivity index (χ2n) is 5.03. The molecule has 0 atom stereocenters. The first-order valence-electron chi connectivity index (χ1n) is 6.72. The van der Waals surface area contributed by atoms with Crippen LogP contribution in [0.3, 0.4) is 0 Å². The number of hydrogen-bond acceptors (Lipinski definition) is 4. The molecule has 0 fully saturated rings. The number of pyridine rings is 1. The maximum Gasteiger partial charge on any atom is 0.142 e. The van der Waals surface area contributed by atoms with Crippen LogP contribution in [-0.4, -0.2) is 9.97 Å². The van der Waals surface area contributed by atoms with Gasteiger partial charge in [-0.25, -0.2) is 4.98 Å². The van der Waals surface area contributed by atoms with E-state index in [0.717, 1.165) is 40.9 Å². The van der Waals surface area contributed by atoms with Gasteiger partial charge in [-0.05, 0) is 36.6 Å². The average molecular weight is 276 g/mol. The summed E-state index contributed by atoms with van der Waals surface area (Å²) in [4.78, 5) is 7.69. The molecule has 4 rings (SSSR count). The molecule has 0 amide bonds. The van der Waals surface area contributed by atoms with E-state index in [1.54, 1.807) is 6.26 Å². The van der Waals surface area contributed by atoms with Crippen molar-refractivity contribution in [1.29, 1.82) is 5.26 Å². The fraction of sp³-hybridized carbons (Fsp3) is 0.125. The molecular weight excluding hydrogens is 264 g/mol. The molecule has 0 saturated carbocycles. The molecule has 3 N–H and O–H groups in total. The highest BCUT2D eigenvalue weighted by Crippen LogP contribution is 2.40. The average Bonchev–Trinajstić information content (AvgIpc) is 3.17. The Labute approximate surface area is 121 Å². The van der Waals surface area contributed by atoms with Crippen molar-refractivity contribution in [3.8, 4) is 28.7 Å². The van der Waals surface area contributed by atoms with Crippen molar-refractivity contribution in [3.05, 3.63) is 47.5 Å². The maximum absolute atomic E-state index is 9.44. The summed E-state index contributed by atoms with van der Waals surface area (Å²) in [5.41, 5.74) is 11.3. The minimum Gasteiger partial charge on any atom is -0.464 e. The van der Waals surface area contributed by atoms with Crippen LogP contribution in [0.2, 0.25) is 0 Å². The number of nitrogens with one attached hydrogen (secondary N) is 1. The van der Waals surface area contributed by atoms with Crippen molar-refractivity contribution < 1.29 is 4.42 Å². The number of furan rings is 1. The Bertz CT molecular complexity index is 869. The molecular formula is C16H12N4O. The van der Waals surface area contributed by atoms with Crippen molar-refractivity contribution in [2.75, 3.05) is 5.73 Å². The number of rotatable bonds is 1. The number of aromatic amines is 1. The van der Waals surface area contributed by atoms with Gasteiger partial charge in [0.1, 0.15) is 23.2 Å². The third kappa shape index (κ3) is 1.59. The van der Waals surface area contributed by atoms with E-state index in [-0.39, 0.29) is 5.82 Å². The summed E-state index contributed by atoms with van der Waals surface area (Å²) < 4.78 is 5.51. The lowest BCUT2D eigenvalue weighted by atomic mass is 9.87. The molecule has 0 saturated heterocycles. The summed E-state index contributed by atoms with van der Waals surface area (Å²) >= 11 is 0. The first-order valence-corrected chi connectivity index (χ1v) is 6.72. The van der Waals surface area contributed by atoms with E-state index in [1.807, 2.05) is 24.4 Å². The second kappa shape index (κ2) is 4.25. The molecule has 0 unspecified atom stereocenters. The van der Waals surface area contributed by atoms with Crippen LogP contribution in [0.25, 0.3) is 22.6 Å². The van der Waals surface area contributed by atoms with Crippen LogP contribution in [0, 0.1) is 11.3 Å². The first-order chi connectivity index (χ1) is 10.3. The Kier molecular flexibility index (Phi) is 2.39. The molecule has 1 aliphatic rings. The number of nitrogens with two attached hydrogens (primary N) is 1. The highest BCUT2D eigenvalue weighted by molar-refractivity contribution is 5.84. The molecule has 21 heavy (non-hydrogen) atoms. The van der Waals surface area contributed by atoms with Gasteiger partial charge in [0, 0.05) is 23.0 Å². The quantitative estimate of drug-likeness (QED) is 0.714. The molecule has 0 radical (unpaired) electrons. The van der Waals surface area contributed by atoms with E-state index in [9.17, 15) is 5.26 Å². The smallest absolute Gasteiger partial charge is 0.142 e. The zero-order valence-electron chi connectivity index (χ0n) is 11.2. The van der Waals surface area contributed by atoms with Gasteiger partial charge in [0.15, 0.2) is 0 Å². The van der Waals surface area contributed by atoms with Gasteiger partial charge in [-0.3, -0.25) is 0 Å². The molecule has 3 heterocycles. The normalized spacial score (nSPS) is 12.5. The predicted molar refractivity (Wildman–Crippen MR) is 78.3 cm³/mol. The summed E-state index contributed by atoms with van der Waals surface area (Å²) in [6, 6.07) is 7.82. The van der Waals surface area contributed by atoms with Crippen molar-refractivity contribution in [1.82, 2.24) is 9.97 Å². The predicted octanol–water partition coefficient (Wildman–Crippen LogP) is 2.89. The number of anilines is 1. The summed E-state index contributed by atoms with van der Waals surface area (Å²) in [7, 11) is 0. The molecule has 3 aromatic heterocycles. The van der Waals surface area contributed by atoms with Crippen LogP contribution in [-0.2, 0) is 12.8 Å². The number of nitrogens with zero attached hydrogens (tertiary/aromatic N) is 2. The summed E-state index contributed by atoms with van der Waals surface area (Å²) in [6.07, 6.45) is 5.20. The van der Waals surface area contributed by atoms with Crippen molar-refractivity contribution in [3.63, 3.8) is 0 Å². The van der Waals surface area contributed by atoms with Crippen LogP contribution in [0.1, 0.15) is 16.8 Å². The highest BCUT2D eigenvalue weighted by atomic mass is 16.3. The van der Waals surface area contributed by atoms with E-state index in [2.05, 4.69) is 16.0 Å². The molecule has 1 aliphatic carbocycles. The van der Waals surface area contributed by atoms with E-state index < -0.39 is 0 Å². The largest absolute Gasteiger partial charge is 0.464 e. The van der Waals surface area contributed by atoms with E-state index >= 15 is 0 Å². The van der Waals surface area contributed by atoms with E-state index in [1.165, 1.54) is 0 Å². The van der Waals surface area contributed by atoms with E-state index in [0.29, 0.717) is 11.3 Å². The zero-order valence-corrected chi connectivity index (χ0v) is 11.2. The topological polar surface area (TPSA) is 91.6 Å². The molecule has 102 valence electrons. The van der Waals surface area contributed by atoms with Crippen molar-refractivity contribution in [2.24, 2.45) is 0 Å². The third-order valence-electron chi connectivity index (χ3n) is 3.92. The molecule has 0 aromatic carbocycles. The lowest BCUT2D eigenvalue weighted by Gasteiger charge is -2.20. The number of H-pyrrole nitrogens is 1. The number of aryl methyl sites for hydroxylation is 1. The van der Waals surface area contributed by atoms with Gasteiger partial charge in [0.25, 0.3) is 0 Å². The summed E-state index contributed by atoms with van der Waals surface area (Å²) in [6.45, 7) is 0. The van der Waals surface area contributed by atoms with Crippen LogP contribution < -0.4 is 5.73 Å². The Hall–Kier alpha value is -3.00. The van der Waals surface area contributed by atoms with Gasteiger partial charge in [-0.1, -0.05) is 0 Å². The molecule has 0 spiro atoms. The number of hydrogen-bond donors (Lipinski definition) is 2. The highest BCUT2D eigenvalue weighted by Gasteiger charge is 2.26. The third-order valence-corrected chi connectivity index (χ3v) is 3.92. The summed E-state index contributed by atoms with van der Waals surface area (Å²) in [5.74, 6) is 0.910. The molecule has 5 nitrogen and oxygen atoms in total. The van der Waals surface area contributed by atoms with Crippen molar-refractivity contribution >= 4 is 5.82 Å². The fourth-order valence-electron chi connectivity index (χ4n) is 3.00. The minimum atomic E-state index is 0.247. The van der Waals surface area contributed by atoms with Gasteiger partial charge < -0.3 is 15.1 Å². The van der Waals surface area contributed by atoms with Gasteiger partial charge in [-0.2, -0.15) is 5.26 Å². The Morgan fingerprint density at radius 2 is 2.24 bits per heavy atom. The molecule has 5 heteroatoms. The van der Waals surface area contributed by atoms with Gasteiger partial charge in [0.2, 0.25) is 0 Å². The molecule has 0 bridgehead atoms. The standard InChI is InChI=1S/C16H12N4O/c17-8-11-14(13-2-1-7-21-13)10-3-4-12-9(5-6-19-12)15(10)20-16(11)18/h1-2,5-7,19H,3-4H2,(H2,18,20). The molecule has 3 aromatic rings. The minimum absolute atomic E-state index is 0.247. The SMILES string of the molecule is N#Cc1c(N)nc2c(c1-c1ccco1)CCc1[nH]ccc1-2. The lowest BCUT2D eigenvalue weighted by molar-refractivity contribution is 0.581. The second-order valence-corrected chi connectivity index (χ2v) is 5.03. The van der Waals surface area contributed by atoms with Crippen LogP contribution in [0.15, 0.2) is 35.1 Å². The number of nitrogen functional groups attached to an aromatic ring is 1. The molecule has 0 aliphatic heterocycles. The van der Waals surface area contributed by atoms with Crippen LogP contribution >= 0.6 is 0 Å². The number of aromatic nitrogens is 2. The van der Waals surface area contributed by atoms with Crippen molar-refractivity contribution in [2.45, 2.75) is 12.8 Å². The lowest BCUT2D eigenvalue weighted by Crippen LogP contribution is -2.10. The zero-order chi connectivity index (χ0) is 14.4. The van der Waals surface area contributed by atoms with Gasteiger partial charge in [0.05, 0.1) is 12.0 Å². The maximum atomic E-state index is 9.44. The van der Waals surface area contributed by atoms with Crippen LogP contribution in [0.4, 0.5) is 5.82 Å². The Morgan fingerprint density at radius 1 is 1.33 bits per heavy atom.